The maximum Gasteiger partial charge on any atom is 0.257 e. The van der Waals surface area contributed by atoms with E-state index in [0.717, 1.165) is 12.3 Å². The van der Waals surface area contributed by atoms with E-state index in [1.807, 2.05) is 0 Å². The van der Waals surface area contributed by atoms with Gasteiger partial charge in [0.1, 0.15) is 12.4 Å². The molecule has 0 spiro atoms. The summed E-state index contributed by atoms with van der Waals surface area (Å²) in [6.07, 6.45) is 2.32. The molecule has 0 aliphatic heterocycles. The molecule has 2 aromatic rings. The number of nitrogens with zero attached hydrogens (tertiary/aromatic N) is 1. The molecule has 1 aromatic carbocycles. The SMILES string of the molecule is O=C(Nc1cccc(C#CCO)c1)c1cncc(F)c1. The zero-order valence-electron chi connectivity index (χ0n) is 10.4. The van der Waals surface area contributed by atoms with Gasteiger partial charge in [0, 0.05) is 17.4 Å². The molecule has 0 bridgehead atoms. The minimum absolute atomic E-state index is 0.136. The summed E-state index contributed by atoms with van der Waals surface area (Å²) in [5.41, 5.74) is 1.33. The maximum atomic E-state index is 13.0. The number of amides is 1. The Morgan fingerprint density at radius 2 is 2.20 bits per heavy atom. The molecule has 0 radical (unpaired) electrons. The van der Waals surface area contributed by atoms with Gasteiger partial charge in [-0.15, -0.1) is 0 Å². The van der Waals surface area contributed by atoms with Crippen LogP contribution in [0.1, 0.15) is 15.9 Å². The van der Waals surface area contributed by atoms with Crippen LogP contribution in [0.15, 0.2) is 42.7 Å². The van der Waals surface area contributed by atoms with E-state index in [0.29, 0.717) is 11.3 Å². The van der Waals surface area contributed by atoms with Gasteiger partial charge in [-0.1, -0.05) is 17.9 Å². The number of rotatable bonds is 2. The first-order chi connectivity index (χ1) is 9.69. The number of anilines is 1. The van der Waals surface area contributed by atoms with E-state index in [2.05, 4.69) is 22.1 Å². The van der Waals surface area contributed by atoms with E-state index < -0.39 is 11.7 Å². The van der Waals surface area contributed by atoms with Crippen molar-refractivity contribution in [2.75, 3.05) is 11.9 Å². The summed E-state index contributed by atoms with van der Waals surface area (Å²) >= 11 is 0. The highest BCUT2D eigenvalue weighted by Gasteiger charge is 2.07. The van der Waals surface area contributed by atoms with Crippen molar-refractivity contribution in [3.8, 4) is 11.8 Å². The maximum absolute atomic E-state index is 13.0. The fourth-order valence-electron chi connectivity index (χ4n) is 1.56. The van der Waals surface area contributed by atoms with E-state index in [1.54, 1.807) is 24.3 Å². The molecule has 1 amide bonds. The molecule has 0 aliphatic rings. The Morgan fingerprint density at radius 3 is 2.95 bits per heavy atom. The Morgan fingerprint density at radius 1 is 1.35 bits per heavy atom. The van der Waals surface area contributed by atoms with Gasteiger partial charge in [0.2, 0.25) is 0 Å². The molecular formula is C15H11FN2O2. The highest BCUT2D eigenvalue weighted by atomic mass is 19.1. The topological polar surface area (TPSA) is 62.2 Å². The molecule has 1 heterocycles. The summed E-state index contributed by atoms with van der Waals surface area (Å²) in [7, 11) is 0. The third-order valence-corrected chi connectivity index (χ3v) is 2.40. The molecule has 2 N–H and O–H groups in total. The Labute approximate surface area is 115 Å². The molecular weight excluding hydrogens is 259 g/mol. The number of pyridine rings is 1. The average Bonchev–Trinajstić information content (AvgIpc) is 2.45. The number of aromatic nitrogens is 1. The monoisotopic (exact) mass is 270 g/mol. The Hall–Kier alpha value is -2.71. The van der Waals surface area contributed by atoms with Crippen LogP contribution < -0.4 is 5.32 Å². The second kappa shape index (κ2) is 6.45. The molecule has 0 atom stereocenters. The number of aliphatic hydroxyl groups is 1. The van der Waals surface area contributed by atoms with Crippen LogP contribution in [-0.4, -0.2) is 22.6 Å². The molecule has 0 saturated carbocycles. The number of benzene rings is 1. The van der Waals surface area contributed by atoms with Crippen molar-refractivity contribution >= 4 is 11.6 Å². The number of carbonyl (C=O) groups excluding carboxylic acids is 1. The van der Waals surface area contributed by atoms with Gasteiger partial charge in [-0.3, -0.25) is 9.78 Å². The van der Waals surface area contributed by atoms with Crippen LogP contribution in [-0.2, 0) is 0 Å². The Bertz CT molecular complexity index is 690. The number of halogens is 1. The van der Waals surface area contributed by atoms with Crippen molar-refractivity contribution in [3.05, 3.63) is 59.7 Å². The van der Waals surface area contributed by atoms with Gasteiger partial charge in [0.15, 0.2) is 0 Å². The number of carbonyl (C=O) groups is 1. The summed E-state index contributed by atoms with van der Waals surface area (Å²) in [6, 6.07) is 7.93. The molecule has 2 rings (SSSR count). The average molecular weight is 270 g/mol. The van der Waals surface area contributed by atoms with Crippen molar-refractivity contribution in [1.29, 1.82) is 0 Å². The molecule has 1 aromatic heterocycles. The summed E-state index contributed by atoms with van der Waals surface area (Å²) in [6.45, 7) is -0.231. The predicted molar refractivity (Wildman–Crippen MR) is 72.6 cm³/mol. The Balaban J connectivity index is 2.15. The van der Waals surface area contributed by atoms with Gasteiger partial charge >= 0.3 is 0 Å². The minimum atomic E-state index is -0.569. The predicted octanol–water partition coefficient (Wildman–Crippen LogP) is 1.82. The lowest BCUT2D eigenvalue weighted by molar-refractivity contribution is 0.102. The van der Waals surface area contributed by atoms with E-state index >= 15 is 0 Å². The zero-order valence-corrected chi connectivity index (χ0v) is 10.4. The molecule has 0 aliphatic carbocycles. The van der Waals surface area contributed by atoms with Crippen molar-refractivity contribution in [1.82, 2.24) is 4.98 Å². The van der Waals surface area contributed by atoms with Crippen LogP contribution in [0.3, 0.4) is 0 Å². The number of aliphatic hydroxyl groups excluding tert-OH is 1. The smallest absolute Gasteiger partial charge is 0.257 e. The fourth-order valence-corrected chi connectivity index (χ4v) is 1.56. The normalized spacial score (nSPS) is 9.50. The molecule has 100 valence electrons. The van der Waals surface area contributed by atoms with Crippen LogP contribution in [0.2, 0.25) is 0 Å². The van der Waals surface area contributed by atoms with Crippen molar-refractivity contribution in [2.24, 2.45) is 0 Å². The zero-order chi connectivity index (χ0) is 14.4. The van der Waals surface area contributed by atoms with E-state index in [9.17, 15) is 9.18 Å². The lowest BCUT2D eigenvalue weighted by atomic mass is 10.2. The third-order valence-electron chi connectivity index (χ3n) is 2.40. The highest BCUT2D eigenvalue weighted by Crippen LogP contribution is 2.12. The van der Waals surface area contributed by atoms with E-state index in [4.69, 9.17) is 5.11 Å². The summed E-state index contributed by atoms with van der Waals surface area (Å²) in [4.78, 5) is 15.5. The first-order valence-electron chi connectivity index (χ1n) is 5.81. The number of nitrogens with one attached hydrogen (secondary N) is 1. The minimum Gasteiger partial charge on any atom is -0.384 e. The quantitative estimate of drug-likeness (QED) is 0.818. The number of hydrogen-bond acceptors (Lipinski definition) is 3. The Kier molecular flexibility index (Phi) is 4.43. The van der Waals surface area contributed by atoms with Crippen LogP contribution in [0.5, 0.6) is 0 Å². The molecule has 5 heteroatoms. The third kappa shape index (κ3) is 3.64. The molecule has 20 heavy (non-hydrogen) atoms. The van der Waals surface area contributed by atoms with Gasteiger partial charge in [-0.05, 0) is 24.3 Å². The van der Waals surface area contributed by atoms with Crippen LogP contribution in [0.25, 0.3) is 0 Å². The van der Waals surface area contributed by atoms with Gasteiger partial charge in [-0.2, -0.15) is 0 Å². The summed E-state index contributed by atoms with van der Waals surface area (Å²) in [5, 5.41) is 11.3. The standard InChI is InChI=1S/C15H11FN2O2/c16-13-8-12(9-17-10-13)15(20)18-14-5-1-3-11(7-14)4-2-6-19/h1,3,5,7-10,19H,6H2,(H,18,20). The lowest BCUT2D eigenvalue weighted by Gasteiger charge is -2.05. The van der Waals surface area contributed by atoms with E-state index in [1.165, 1.54) is 6.20 Å². The van der Waals surface area contributed by atoms with Gasteiger partial charge < -0.3 is 10.4 Å². The molecule has 0 saturated heterocycles. The van der Waals surface area contributed by atoms with Crippen molar-refractivity contribution < 1.29 is 14.3 Å². The van der Waals surface area contributed by atoms with Gasteiger partial charge in [0.25, 0.3) is 5.91 Å². The van der Waals surface area contributed by atoms with Crippen molar-refractivity contribution in [3.63, 3.8) is 0 Å². The first kappa shape index (κ1) is 13.7. The van der Waals surface area contributed by atoms with Crippen molar-refractivity contribution in [2.45, 2.75) is 0 Å². The lowest BCUT2D eigenvalue weighted by Crippen LogP contribution is -2.12. The fraction of sp³-hybridized carbons (Fsp3) is 0.0667. The largest absolute Gasteiger partial charge is 0.384 e. The second-order valence-electron chi connectivity index (χ2n) is 3.89. The van der Waals surface area contributed by atoms with Gasteiger partial charge in [-0.25, -0.2) is 4.39 Å². The number of hydrogen-bond donors (Lipinski definition) is 2. The van der Waals surface area contributed by atoms with Crippen LogP contribution in [0, 0.1) is 17.7 Å². The van der Waals surface area contributed by atoms with Gasteiger partial charge in [0.05, 0.1) is 11.8 Å². The second-order valence-corrected chi connectivity index (χ2v) is 3.89. The van der Waals surface area contributed by atoms with Crippen LogP contribution in [0.4, 0.5) is 10.1 Å². The summed E-state index contributed by atoms with van der Waals surface area (Å²) in [5.74, 6) is 4.23. The molecule has 0 fully saturated rings. The summed E-state index contributed by atoms with van der Waals surface area (Å²) < 4.78 is 13.0. The molecule has 0 unspecified atom stereocenters. The van der Waals surface area contributed by atoms with E-state index in [-0.39, 0.29) is 12.2 Å². The first-order valence-corrected chi connectivity index (χ1v) is 5.81. The highest BCUT2D eigenvalue weighted by molar-refractivity contribution is 6.04. The van der Waals surface area contributed by atoms with Crippen LogP contribution >= 0.6 is 0 Å². The molecule has 4 nitrogen and oxygen atoms in total.